The molecule has 4 heteroatoms. The van der Waals surface area contributed by atoms with Crippen molar-refractivity contribution < 1.29 is 9.21 Å². The predicted octanol–water partition coefficient (Wildman–Crippen LogP) is 4.75. The number of ketones is 1. The summed E-state index contributed by atoms with van der Waals surface area (Å²) in [7, 11) is 0. The van der Waals surface area contributed by atoms with Gasteiger partial charge in [0.1, 0.15) is 11.3 Å². The number of rotatable bonds is 3. The topological polar surface area (TPSA) is 33.5 Å². The molecule has 2 heterocycles. The molecule has 0 fully saturated rings. The lowest BCUT2D eigenvalue weighted by molar-refractivity contribution is -0.112. The summed E-state index contributed by atoms with van der Waals surface area (Å²) in [5.74, 6) is 0.936. The van der Waals surface area contributed by atoms with Gasteiger partial charge in [-0.25, -0.2) is 0 Å². The quantitative estimate of drug-likeness (QED) is 0.766. The molecule has 1 aliphatic rings. The van der Waals surface area contributed by atoms with Crippen molar-refractivity contribution in [2.75, 3.05) is 11.4 Å². The summed E-state index contributed by atoms with van der Waals surface area (Å²) in [6, 6.07) is 4.05. The zero-order chi connectivity index (χ0) is 15.1. The second-order valence-electron chi connectivity index (χ2n) is 5.00. The summed E-state index contributed by atoms with van der Waals surface area (Å²) in [6.45, 7) is 10.3. The van der Waals surface area contributed by atoms with Crippen molar-refractivity contribution in [3.05, 3.63) is 41.1 Å². The maximum absolute atomic E-state index is 11.5. The van der Waals surface area contributed by atoms with Crippen LogP contribution in [0, 0.1) is 6.92 Å². The van der Waals surface area contributed by atoms with E-state index in [-0.39, 0.29) is 5.78 Å². The summed E-state index contributed by atoms with van der Waals surface area (Å²) in [5, 5.41) is 2.06. The number of carbonyl (C=O) groups is 1. The fraction of sp³-hybridized carbons (Fsp3) is 0.235. The van der Waals surface area contributed by atoms with Crippen molar-refractivity contribution in [2.24, 2.45) is 0 Å². The van der Waals surface area contributed by atoms with Gasteiger partial charge < -0.3 is 9.32 Å². The van der Waals surface area contributed by atoms with E-state index in [1.54, 1.807) is 24.8 Å². The third-order valence-electron chi connectivity index (χ3n) is 3.61. The first-order chi connectivity index (χ1) is 10.1. The monoisotopic (exact) mass is 299 g/mol. The van der Waals surface area contributed by atoms with Gasteiger partial charge in [0.2, 0.25) is 0 Å². The molecule has 3 nitrogen and oxygen atoms in total. The second-order valence-corrected chi connectivity index (χ2v) is 6.06. The third-order valence-corrected chi connectivity index (χ3v) is 4.71. The lowest BCUT2D eigenvalue weighted by atomic mass is 10.1. The van der Waals surface area contributed by atoms with E-state index in [4.69, 9.17) is 4.42 Å². The Hall–Kier alpha value is -1.94. The van der Waals surface area contributed by atoms with E-state index in [1.165, 1.54) is 0 Å². The van der Waals surface area contributed by atoms with Crippen LogP contribution in [0.25, 0.3) is 17.0 Å². The maximum atomic E-state index is 11.5. The van der Waals surface area contributed by atoms with Crippen LogP contribution in [-0.4, -0.2) is 12.3 Å². The van der Waals surface area contributed by atoms with E-state index >= 15 is 0 Å². The Balaban J connectivity index is 2.31. The van der Waals surface area contributed by atoms with Gasteiger partial charge in [0.25, 0.3) is 0 Å². The molecule has 1 aliphatic heterocycles. The van der Waals surface area contributed by atoms with Crippen molar-refractivity contribution in [2.45, 2.75) is 25.7 Å². The van der Waals surface area contributed by atoms with Crippen molar-refractivity contribution >= 4 is 40.3 Å². The van der Waals surface area contributed by atoms with Crippen molar-refractivity contribution in [1.29, 1.82) is 0 Å². The van der Waals surface area contributed by atoms with E-state index < -0.39 is 0 Å². The van der Waals surface area contributed by atoms with Gasteiger partial charge in [0, 0.05) is 23.1 Å². The van der Waals surface area contributed by atoms with Crippen molar-refractivity contribution in [1.82, 2.24) is 0 Å². The molecule has 108 valence electrons. The molecule has 1 aromatic carbocycles. The molecule has 0 aliphatic carbocycles. The largest absolute Gasteiger partial charge is 0.461 e. The van der Waals surface area contributed by atoms with Gasteiger partial charge in [-0.3, -0.25) is 4.79 Å². The number of benzene rings is 1. The van der Waals surface area contributed by atoms with Crippen LogP contribution >= 0.6 is 11.8 Å². The predicted molar refractivity (Wildman–Crippen MR) is 88.7 cm³/mol. The van der Waals surface area contributed by atoms with Crippen LogP contribution in [0.1, 0.15) is 25.2 Å². The molecule has 3 rings (SSSR count). The molecule has 21 heavy (non-hydrogen) atoms. The Morgan fingerprint density at radius 2 is 2.24 bits per heavy atom. The Morgan fingerprint density at radius 3 is 2.86 bits per heavy atom. The lowest BCUT2D eigenvalue weighted by Gasteiger charge is -2.18. The smallest absolute Gasteiger partial charge is 0.155 e. The molecule has 0 amide bonds. The lowest BCUT2D eigenvalue weighted by Crippen LogP contribution is -2.17. The molecule has 0 radical (unpaired) electrons. The highest BCUT2D eigenvalue weighted by Gasteiger charge is 2.29. The number of fused-ring (bicyclic) bond motifs is 3. The standard InChI is InChI=1S/C17H17NO2S/c1-5-12-11(4)20-13-7-8-14-17(16(12)13)18(6-2)15(21-14)9-10(3)19/h5,7-9H,1,6H2,2-4H3/b15-9-. The van der Waals surface area contributed by atoms with Gasteiger partial charge in [-0.15, -0.1) is 0 Å². The molecule has 0 saturated carbocycles. The summed E-state index contributed by atoms with van der Waals surface area (Å²) in [6.07, 6.45) is 3.53. The van der Waals surface area contributed by atoms with E-state index in [2.05, 4.69) is 24.5 Å². The highest BCUT2D eigenvalue weighted by Crippen LogP contribution is 2.51. The normalized spacial score (nSPS) is 15.8. The van der Waals surface area contributed by atoms with Gasteiger partial charge in [-0.05, 0) is 32.9 Å². The number of anilines is 1. The number of hydrogen-bond donors (Lipinski definition) is 0. The van der Waals surface area contributed by atoms with Crippen LogP contribution in [0.5, 0.6) is 0 Å². The molecule has 0 saturated heterocycles. The minimum atomic E-state index is 0.0623. The van der Waals surface area contributed by atoms with E-state index in [9.17, 15) is 4.79 Å². The average molecular weight is 299 g/mol. The number of thioether (sulfide) groups is 1. The zero-order valence-electron chi connectivity index (χ0n) is 12.4. The van der Waals surface area contributed by atoms with Crippen LogP contribution in [-0.2, 0) is 4.79 Å². The van der Waals surface area contributed by atoms with Crippen molar-refractivity contribution in [3.8, 4) is 0 Å². The van der Waals surface area contributed by atoms with Crippen LogP contribution in [0.15, 0.2) is 39.1 Å². The van der Waals surface area contributed by atoms with Crippen LogP contribution in [0.2, 0.25) is 0 Å². The second kappa shape index (κ2) is 5.11. The number of carbonyl (C=O) groups excluding carboxylic acids is 1. The molecule has 1 aromatic heterocycles. The molecule has 0 bridgehead atoms. The first-order valence-electron chi connectivity index (χ1n) is 6.93. The number of allylic oxidation sites excluding steroid dienone is 1. The van der Waals surface area contributed by atoms with Gasteiger partial charge in [0.05, 0.1) is 16.1 Å². The Labute approximate surface area is 128 Å². The fourth-order valence-corrected chi connectivity index (χ4v) is 3.99. The Morgan fingerprint density at radius 1 is 1.48 bits per heavy atom. The third kappa shape index (κ3) is 2.10. The SMILES string of the molecule is C=Cc1c(C)oc2ccc3c(c12)N(CC)/C(=C/C(C)=O)S3. The molecule has 0 spiro atoms. The highest BCUT2D eigenvalue weighted by molar-refractivity contribution is 8.03. The highest BCUT2D eigenvalue weighted by atomic mass is 32.2. The zero-order valence-corrected chi connectivity index (χ0v) is 13.2. The molecule has 2 aromatic rings. The molecular formula is C17H17NO2S. The van der Waals surface area contributed by atoms with Crippen LogP contribution in [0.3, 0.4) is 0 Å². The minimum absolute atomic E-state index is 0.0623. The average Bonchev–Trinajstić information content (AvgIpc) is 2.93. The molecule has 0 atom stereocenters. The number of furan rings is 1. The van der Waals surface area contributed by atoms with Crippen molar-refractivity contribution in [3.63, 3.8) is 0 Å². The number of nitrogens with zero attached hydrogens (tertiary/aromatic N) is 1. The van der Waals surface area contributed by atoms with Gasteiger partial charge in [-0.1, -0.05) is 24.4 Å². The molecule has 0 N–H and O–H groups in total. The fourth-order valence-electron chi connectivity index (χ4n) is 2.76. The maximum Gasteiger partial charge on any atom is 0.155 e. The van der Waals surface area contributed by atoms with E-state index in [0.29, 0.717) is 0 Å². The first kappa shape index (κ1) is 14.0. The van der Waals surface area contributed by atoms with Gasteiger partial charge >= 0.3 is 0 Å². The molecule has 0 unspecified atom stereocenters. The molecular weight excluding hydrogens is 282 g/mol. The number of hydrogen-bond acceptors (Lipinski definition) is 4. The summed E-state index contributed by atoms with van der Waals surface area (Å²) in [5.41, 5.74) is 3.02. The Bertz CT molecular complexity index is 786. The van der Waals surface area contributed by atoms with Crippen LogP contribution < -0.4 is 4.90 Å². The van der Waals surface area contributed by atoms with Crippen LogP contribution in [0.4, 0.5) is 5.69 Å². The van der Waals surface area contributed by atoms with E-state index in [0.717, 1.165) is 44.4 Å². The number of aryl methyl sites for hydroxylation is 1. The van der Waals surface area contributed by atoms with E-state index in [1.807, 2.05) is 19.1 Å². The first-order valence-corrected chi connectivity index (χ1v) is 7.74. The summed E-state index contributed by atoms with van der Waals surface area (Å²) in [4.78, 5) is 14.8. The summed E-state index contributed by atoms with van der Waals surface area (Å²) < 4.78 is 5.83. The van der Waals surface area contributed by atoms with Gasteiger partial charge in [-0.2, -0.15) is 0 Å². The van der Waals surface area contributed by atoms with Gasteiger partial charge in [0.15, 0.2) is 5.78 Å². The summed E-state index contributed by atoms with van der Waals surface area (Å²) >= 11 is 1.63. The minimum Gasteiger partial charge on any atom is -0.461 e. The Kier molecular flexibility index (Phi) is 3.41.